The molecule has 1 aliphatic heterocycles. The van der Waals surface area contributed by atoms with Crippen LogP contribution in [0.2, 0.25) is 0 Å². The van der Waals surface area contributed by atoms with Crippen LogP contribution in [0.3, 0.4) is 0 Å². The number of fused-ring (bicyclic) bond motifs is 1. The normalized spacial score (nSPS) is 15.1. The fourth-order valence-corrected chi connectivity index (χ4v) is 2.46. The lowest BCUT2D eigenvalue weighted by Gasteiger charge is -2.26. The van der Waals surface area contributed by atoms with Gasteiger partial charge in [-0.3, -0.25) is 9.59 Å². The highest BCUT2D eigenvalue weighted by Crippen LogP contribution is 2.32. The third-order valence-electron chi connectivity index (χ3n) is 3.88. The Hall–Kier alpha value is -3.22. The van der Waals surface area contributed by atoms with Gasteiger partial charge in [-0.2, -0.15) is 0 Å². The average Bonchev–Trinajstić information content (AvgIpc) is 2.68. The molecule has 0 spiro atoms. The van der Waals surface area contributed by atoms with E-state index in [1.807, 2.05) is 12.1 Å². The number of carbonyl (C=O) groups is 2. The number of rotatable bonds is 5. The lowest BCUT2D eigenvalue weighted by Crippen LogP contribution is -2.40. The molecule has 7 nitrogen and oxygen atoms in total. The first kappa shape index (κ1) is 17.6. The van der Waals surface area contributed by atoms with Crippen molar-refractivity contribution in [2.24, 2.45) is 0 Å². The zero-order valence-electron chi connectivity index (χ0n) is 14.6. The molecule has 0 aliphatic carbocycles. The van der Waals surface area contributed by atoms with Crippen LogP contribution in [0.4, 0.5) is 11.4 Å². The molecule has 0 bridgehead atoms. The second-order valence-corrected chi connectivity index (χ2v) is 5.67. The number of amides is 2. The summed E-state index contributed by atoms with van der Waals surface area (Å²) in [5.41, 5.74) is 0.918. The number of methoxy groups -OCH3 is 1. The quantitative estimate of drug-likeness (QED) is 0.860. The lowest BCUT2D eigenvalue weighted by atomic mass is 10.2. The van der Waals surface area contributed by atoms with Gasteiger partial charge in [0.05, 0.1) is 18.5 Å². The molecular formula is C19H20N2O5. The fraction of sp³-hybridized carbons (Fsp3) is 0.263. The third kappa shape index (κ3) is 3.88. The Bertz CT molecular complexity index is 821. The van der Waals surface area contributed by atoms with Gasteiger partial charge in [-0.15, -0.1) is 0 Å². The van der Waals surface area contributed by atoms with Crippen molar-refractivity contribution in [3.8, 4) is 17.2 Å². The van der Waals surface area contributed by atoms with Crippen molar-refractivity contribution in [3.05, 3.63) is 42.5 Å². The van der Waals surface area contributed by atoms with Crippen molar-refractivity contribution in [1.29, 1.82) is 0 Å². The molecule has 7 heteroatoms. The van der Waals surface area contributed by atoms with Crippen LogP contribution in [0.5, 0.6) is 17.2 Å². The van der Waals surface area contributed by atoms with Crippen molar-refractivity contribution in [1.82, 2.24) is 0 Å². The molecule has 2 aromatic carbocycles. The zero-order chi connectivity index (χ0) is 18.5. The summed E-state index contributed by atoms with van der Waals surface area (Å²) in [6, 6.07) is 12.2. The topological polar surface area (TPSA) is 85.9 Å². The van der Waals surface area contributed by atoms with Crippen LogP contribution in [0.25, 0.3) is 0 Å². The molecular weight excluding hydrogens is 336 g/mol. The Labute approximate surface area is 151 Å². The second kappa shape index (κ2) is 7.77. The molecule has 2 N–H and O–H groups in total. The second-order valence-electron chi connectivity index (χ2n) is 5.67. The Morgan fingerprint density at radius 3 is 2.62 bits per heavy atom. The first-order valence-corrected chi connectivity index (χ1v) is 8.28. The highest BCUT2D eigenvalue weighted by molar-refractivity contribution is 6.01. The summed E-state index contributed by atoms with van der Waals surface area (Å²) in [6.45, 7) is 1.85. The number of anilines is 2. The van der Waals surface area contributed by atoms with E-state index in [0.29, 0.717) is 35.0 Å². The van der Waals surface area contributed by atoms with E-state index in [-0.39, 0.29) is 18.4 Å². The number of hydrogen-bond acceptors (Lipinski definition) is 5. The van der Waals surface area contributed by atoms with E-state index in [2.05, 4.69) is 10.6 Å². The molecule has 1 heterocycles. The Kier molecular flexibility index (Phi) is 5.26. The molecule has 136 valence electrons. The highest BCUT2D eigenvalue weighted by atomic mass is 16.6. The monoisotopic (exact) mass is 356 g/mol. The predicted molar refractivity (Wildman–Crippen MR) is 96.9 cm³/mol. The molecule has 3 rings (SSSR count). The number of carbonyl (C=O) groups excluding carboxylic acids is 2. The first-order valence-electron chi connectivity index (χ1n) is 8.28. The Balaban J connectivity index is 1.77. The molecule has 0 saturated carbocycles. The third-order valence-corrected chi connectivity index (χ3v) is 3.88. The number of ether oxygens (including phenoxy) is 3. The lowest BCUT2D eigenvalue weighted by molar-refractivity contribution is -0.125. The van der Waals surface area contributed by atoms with E-state index in [4.69, 9.17) is 14.2 Å². The highest BCUT2D eigenvalue weighted by Gasteiger charge is 2.28. The SMILES string of the molecule is CCC(=O)Nc1ccc(OC)cc1NC(=O)C1COc2ccccc2O1. The fourth-order valence-electron chi connectivity index (χ4n) is 2.46. The maximum Gasteiger partial charge on any atom is 0.269 e. The number of hydrogen-bond donors (Lipinski definition) is 2. The van der Waals surface area contributed by atoms with Gasteiger partial charge in [0.15, 0.2) is 11.5 Å². The van der Waals surface area contributed by atoms with Crippen LogP contribution < -0.4 is 24.8 Å². The zero-order valence-corrected chi connectivity index (χ0v) is 14.6. The van der Waals surface area contributed by atoms with Gasteiger partial charge in [-0.1, -0.05) is 19.1 Å². The summed E-state index contributed by atoms with van der Waals surface area (Å²) in [4.78, 5) is 24.3. The van der Waals surface area contributed by atoms with E-state index >= 15 is 0 Å². The van der Waals surface area contributed by atoms with E-state index in [1.54, 1.807) is 37.3 Å². The molecule has 0 radical (unpaired) electrons. The summed E-state index contributed by atoms with van der Waals surface area (Å²) in [7, 11) is 1.53. The van der Waals surface area contributed by atoms with Crippen molar-refractivity contribution in [2.75, 3.05) is 24.4 Å². The summed E-state index contributed by atoms with van der Waals surface area (Å²) >= 11 is 0. The van der Waals surface area contributed by atoms with Crippen LogP contribution in [-0.2, 0) is 9.59 Å². The summed E-state index contributed by atoms with van der Waals surface area (Å²) in [6.07, 6.45) is -0.471. The van der Waals surface area contributed by atoms with Gasteiger partial charge >= 0.3 is 0 Å². The van der Waals surface area contributed by atoms with E-state index in [0.717, 1.165) is 0 Å². The van der Waals surface area contributed by atoms with Crippen LogP contribution in [0.15, 0.2) is 42.5 Å². The molecule has 0 saturated heterocycles. The maximum absolute atomic E-state index is 12.6. The maximum atomic E-state index is 12.6. The average molecular weight is 356 g/mol. The molecule has 1 unspecified atom stereocenters. The van der Waals surface area contributed by atoms with Crippen molar-refractivity contribution in [3.63, 3.8) is 0 Å². The van der Waals surface area contributed by atoms with Gasteiger partial charge in [0.2, 0.25) is 12.0 Å². The smallest absolute Gasteiger partial charge is 0.269 e. The molecule has 0 aromatic heterocycles. The minimum Gasteiger partial charge on any atom is -0.497 e. The molecule has 2 aromatic rings. The molecule has 0 fully saturated rings. The molecule has 2 amide bonds. The van der Waals surface area contributed by atoms with Gasteiger partial charge in [-0.05, 0) is 24.3 Å². The Morgan fingerprint density at radius 2 is 1.88 bits per heavy atom. The van der Waals surface area contributed by atoms with Crippen LogP contribution >= 0.6 is 0 Å². The van der Waals surface area contributed by atoms with Crippen LogP contribution in [0.1, 0.15) is 13.3 Å². The first-order chi connectivity index (χ1) is 12.6. The van der Waals surface area contributed by atoms with Crippen molar-refractivity contribution >= 4 is 23.2 Å². The van der Waals surface area contributed by atoms with Gasteiger partial charge < -0.3 is 24.8 Å². The minimum absolute atomic E-state index is 0.101. The minimum atomic E-state index is -0.800. The summed E-state index contributed by atoms with van der Waals surface area (Å²) < 4.78 is 16.5. The Morgan fingerprint density at radius 1 is 1.12 bits per heavy atom. The van der Waals surface area contributed by atoms with E-state index in [1.165, 1.54) is 7.11 Å². The summed E-state index contributed by atoms with van der Waals surface area (Å²) in [5.74, 6) is 1.15. The van der Waals surface area contributed by atoms with Gasteiger partial charge in [0.1, 0.15) is 12.4 Å². The van der Waals surface area contributed by atoms with Gasteiger partial charge in [-0.25, -0.2) is 0 Å². The largest absolute Gasteiger partial charge is 0.497 e. The molecule has 1 aliphatic rings. The number of benzene rings is 2. The van der Waals surface area contributed by atoms with E-state index < -0.39 is 6.10 Å². The van der Waals surface area contributed by atoms with Crippen LogP contribution in [-0.4, -0.2) is 31.6 Å². The van der Waals surface area contributed by atoms with Gasteiger partial charge in [0, 0.05) is 12.5 Å². The van der Waals surface area contributed by atoms with Crippen molar-refractivity contribution < 1.29 is 23.8 Å². The number of nitrogens with one attached hydrogen (secondary N) is 2. The van der Waals surface area contributed by atoms with Crippen molar-refractivity contribution in [2.45, 2.75) is 19.4 Å². The van der Waals surface area contributed by atoms with Crippen LogP contribution in [0, 0.1) is 0 Å². The van der Waals surface area contributed by atoms with Gasteiger partial charge in [0.25, 0.3) is 5.91 Å². The van der Waals surface area contributed by atoms with E-state index in [9.17, 15) is 9.59 Å². The molecule has 1 atom stereocenters. The number of para-hydroxylation sites is 2. The molecule has 26 heavy (non-hydrogen) atoms. The summed E-state index contributed by atoms with van der Waals surface area (Å²) in [5, 5.41) is 5.53. The standard InChI is InChI=1S/C19H20N2O5/c1-3-18(22)20-13-9-8-12(24-2)10-14(13)21-19(23)17-11-25-15-6-4-5-7-16(15)26-17/h4-10,17H,3,11H2,1-2H3,(H,20,22)(H,21,23). The predicted octanol–water partition coefficient (Wildman–Crippen LogP) is 2.82.